The largest absolute Gasteiger partial charge is 0.467 e. The number of furan rings is 1. The Balaban J connectivity index is 1.65. The van der Waals surface area contributed by atoms with Gasteiger partial charge in [-0.3, -0.25) is 4.79 Å². The lowest BCUT2D eigenvalue weighted by Gasteiger charge is -2.34. The quantitative estimate of drug-likeness (QED) is 0.700. The van der Waals surface area contributed by atoms with E-state index in [9.17, 15) is 9.90 Å². The summed E-state index contributed by atoms with van der Waals surface area (Å²) in [6.07, 6.45) is 6.01. The highest BCUT2D eigenvalue weighted by Gasteiger charge is 2.30. The van der Waals surface area contributed by atoms with Gasteiger partial charge in [0.15, 0.2) is 0 Å². The molecule has 0 bridgehead atoms. The second kappa shape index (κ2) is 7.66. The molecule has 1 unspecified atom stereocenters. The first-order valence-corrected chi connectivity index (χ1v) is 9.93. The fourth-order valence-electron chi connectivity index (χ4n) is 3.58. The molecule has 3 aromatic rings. The minimum absolute atomic E-state index is 0.00540. The molecule has 1 fully saturated rings. The summed E-state index contributed by atoms with van der Waals surface area (Å²) in [5.41, 5.74) is 0.879. The van der Waals surface area contributed by atoms with Gasteiger partial charge < -0.3 is 19.7 Å². The number of aromatic nitrogens is 2. The minimum atomic E-state index is -0.0986. The number of aliphatic hydroxyl groups excluding tert-OH is 1. The maximum absolute atomic E-state index is 13.2. The molecular weight excluding hydrogens is 364 g/mol. The SMILES string of the molecule is Cc1c(C(=O)N2CCCCC2CO)sc2ncnc(NCc3ccco3)c12. The smallest absolute Gasteiger partial charge is 0.264 e. The van der Waals surface area contributed by atoms with Crippen molar-refractivity contribution in [3.63, 3.8) is 0 Å². The summed E-state index contributed by atoms with van der Waals surface area (Å²) in [6.45, 7) is 3.14. The monoisotopic (exact) mass is 386 g/mol. The van der Waals surface area contributed by atoms with E-state index >= 15 is 0 Å². The van der Waals surface area contributed by atoms with Crippen LogP contribution in [0.1, 0.15) is 40.3 Å². The molecule has 0 saturated carbocycles. The zero-order valence-corrected chi connectivity index (χ0v) is 16.0. The average molecular weight is 386 g/mol. The third kappa shape index (κ3) is 3.42. The van der Waals surface area contributed by atoms with E-state index in [1.165, 1.54) is 17.7 Å². The van der Waals surface area contributed by atoms with Crippen LogP contribution in [0, 0.1) is 6.92 Å². The van der Waals surface area contributed by atoms with Crippen molar-refractivity contribution in [1.82, 2.24) is 14.9 Å². The van der Waals surface area contributed by atoms with Gasteiger partial charge in [-0.1, -0.05) is 0 Å². The van der Waals surface area contributed by atoms with Gasteiger partial charge >= 0.3 is 0 Å². The van der Waals surface area contributed by atoms with Crippen LogP contribution in [-0.2, 0) is 6.54 Å². The van der Waals surface area contributed by atoms with Gasteiger partial charge in [0.25, 0.3) is 5.91 Å². The highest BCUT2D eigenvalue weighted by molar-refractivity contribution is 7.20. The lowest BCUT2D eigenvalue weighted by atomic mass is 10.0. The Hall–Kier alpha value is -2.45. The molecule has 1 aliphatic heterocycles. The van der Waals surface area contributed by atoms with Gasteiger partial charge in [0, 0.05) is 6.54 Å². The van der Waals surface area contributed by atoms with Crippen LogP contribution in [0.2, 0.25) is 0 Å². The van der Waals surface area contributed by atoms with Crippen LogP contribution in [0.5, 0.6) is 0 Å². The highest BCUT2D eigenvalue weighted by Crippen LogP contribution is 2.35. The molecule has 0 spiro atoms. The fraction of sp³-hybridized carbons (Fsp3) is 0.421. The van der Waals surface area contributed by atoms with Crippen molar-refractivity contribution in [2.24, 2.45) is 0 Å². The second-order valence-corrected chi connectivity index (χ2v) is 7.72. The maximum Gasteiger partial charge on any atom is 0.264 e. The van der Waals surface area contributed by atoms with Crippen molar-refractivity contribution in [3.8, 4) is 0 Å². The van der Waals surface area contributed by atoms with Crippen molar-refractivity contribution < 1.29 is 14.3 Å². The molecule has 1 aliphatic rings. The molecule has 0 aromatic carbocycles. The Kier molecular flexibility index (Phi) is 5.09. The van der Waals surface area contributed by atoms with Crippen molar-refractivity contribution in [3.05, 3.63) is 40.9 Å². The lowest BCUT2D eigenvalue weighted by Crippen LogP contribution is -2.45. The Labute approximate surface area is 161 Å². The summed E-state index contributed by atoms with van der Waals surface area (Å²) in [4.78, 5) is 25.1. The van der Waals surface area contributed by atoms with Crippen LogP contribution < -0.4 is 5.32 Å². The molecule has 0 radical (unpaired) electrons. The van der Waals surface area contributed by atoms with E-state index in [1.807, 2.05) is 24.0 Å². The van der Waals surface area contributed by atoms with Crippen LogP contribution in [0.3, 0.4) is 0 Å². The molecule has 27 heavy (non-hydrogen) atoms. The third-order valence-electron chi connectivity index (χ3n) is 5.03. The maximum atomic E-state index is 13.2. The van der Waals surface area contributed by atoms with E-state index in [1.54, 1.807) is 6.26 Å². The number of rotatable bonds is 5. The number of carbonyl (C=O) groups excluding carboxylic acids is 1. The van der Waals surface area contributed by atoms with E-state index in [0.717, 1.165) is 40.8 Å². The number of piperidine rings is 1. The second-order valence-electron chi connectivity index (χ2n) is 6.72. The number of hydrogen-bond acceptors (Lipinski definition) is 7. The zero-order chi connectivity index (χ0) is 18.8. The van der Waals surface area contributed by atoms with Crippen LogP contribution in [0.4, 0.5) is 5.82 Å². The van der Waals surface area contributed by atoms with Gasteiger partial charge in [-0.25, -0.2) is 9.97 Å². The van der Waals surface area contributed by atoms with Crippen LogP contribution >= 0.6 is 11.3 Å². The number of amides is 1. The molecule has 0 aliphatic carbocycles. The number of thiophene rings is 1. The number of carbonyl (C=O) groups is 1. The Bertz CT molecular complexity index is 938. The average Bonchev–Trinajstić information content (AvgIpc) is 3.34. The van der Waals surface area contributed by atoms with E-state index in [0.29, 0.717) is 23.8 Å². The number of aryl methyl sites for hydroxylation is 1. The number of hydrogen-bond donors (Lipinski definition) is 2. The molecule has 4 rings (SSSR count). The first kappa shape index (κ1) is 17.9. The van der Waals surface area contributed by atoms with Crippen molar-refractivity contribution >= 4 is 33.3 Å². The number of likely N-dealkylation sites (tertiary alicyclic amines) is 1. The first-order valence-electron chi connectivity index (χ1n) is 9.11. The predicted molar refractivity (Wildman–Crippen MR) is 104 cm³/mol. The third-order valence-corrected chi connectivity index (χ3v) is 6.22. The van der Waals surface area contributed by atoms with E-state index in [2.05, 4.69) is 15.3 Å². The molecule has 1 saturated heterocycles. The molecule has 2 N–H and O–H groups in total. The topological polar surface area (TPSA) is 91.5 Å². The van der Waals surface area contributed by atoms with Gasteiger partial charge in [-0.15, -0.1) is 11.3 Å². The van der Waals surface area contributed by atoms with E-state index < -0.39 is 0 Å². The molecule has 142 valence electrons. The van der Waals surface area contributed by atoms with Gasteiger partial charge in [0.05, 0.1) is 35.7 Å². The zero-order valence-electron chi connectivity index (χ0n) is 15.1. The number of fused-ring (bicyclic) bond motifs is 1. The number of aliphatic hydroxyl groups is 1. The molecule has 1 amide bonds. The van der Waals surface area contributed by atoms with E-state index in [4.69, 9.17) is 4.42 Å². The molecule has 7 nitrogen and oxygen atoms in total. The van der Waals surface area contributed by atoms with Crippen molar-refractivity contribution in [2.45, 2.75) is 38.8 Å². The van der Waals surface area contributed by atoms with Gasteiger partial charge in [-0.2, -0.15) is 0 Å². The van der Waals surface area contributed by atoms with Gasteiger partial charge in [-0.05, 0) is 43.9 Å². The van der Waals surface area contributed by atoms with Crippen molar-refractivity contribution in [1.29, 1.82) is 0 Å². The summed E-state index contributed by atoms with van der Waals surface area (Å²) in [7, 11) is 0. The minimum Gasteiger partial charge on any atom is -0.467 e. The first-order chi connectivity index (χ1) is 13.2. The van der Waals surface area contributed by atoms with Gasteiger partial charge in [0.1, 0.15) is 22.7 Å². The van der Waals surface area contributed by atoms with Crippen LogP contribution in [0.15, 0.2) is 29.1 Å². The van der Waals surface area contributed by atoms with Crippen LogP contribution in [0.25, 0.3) is 10.2 Å². The number of nitrogens with one attached hydrogen (secondary N) is 1. The standard InChI is InChI=1S/C19H22N4O3S/c1-12-15-17(20-9-14-6-4-8-26-14)21-11-22-18(15)27-16(12)19(25)23-7-3-2-5-13(23)10-24/h4,6,8,11,13,24H,2-3,5,7,9-10H2,1H3,(H,20,21,22). The Morgan fingerprint density at radius 3 is 3.11 bits per heavy atom. The summed E-state index contributed by atoms with van der Waals surface area (Å²) in [5.74, 6) is 1.48. The van der Waals surface area contributed by atoms with Crippen molar-refractivity contribution in [2.75, 3.05) is 18.5 Å². The summed E-state index contributed by atoms with van der Waals surface area (Å²) in [6, 6.07) is 3.64. The predicted octanol–water partition coefficient (Wildman–Crippen LogP) is 3.19. The normalized spacial score (nSPS) is 17.4. The number of anilines is 1. The van der Waals surface area contributed by atoms with E-state index in [-0.39, 0.29) is 18.6 Å². The molecular formula is C19H22N4O3S. The highest BCUT2D eigenvalue weighted by atomic mass is 32.1. The summed E-state index contributed by atoms with van der Waals surface area (Å²) >= 11 is 1.39. The Morgan fingerprint density at radius 1 is 1.44 bits per heavy atom. The van der Waals surface area contributed by atoms with Gasteiger partial charge in [0.2, 0.25) is 0 Å². The van der Waals surface area contributed by atoms with Crippen LogP contribution in [-0.4, -0.2) is 45.1 Å². The summed E-state index contributed by atoms with van der Waals surface area (Å²) in [5, 5.41) is 13.8. The fourth-order valence-corrected chi connectivity index (χ4v) is 4.69. The molecule has 1 atom stereocenters. The number of nitrogens with zero attached hydrogens (tertiary/aromatic N) is 3. The Morgan fingerprint density at radius 2 is 2.33 bits per heavy atom. The molecule has 3 aromatic heterocycles. The molecule has 4 heterocycles. The molecule has 8 heteroatoms. The lowest BCUT2D eigenvalue weighted by molar-refractivity contribution is 0.0507. The summed E-state index contributed by atoms with van der Waals surface area (Å²) < 4.78 is 5.36.